The summed E-state index contributed by atoms with van der Waals surface area (Å²) >= 11 is 0. The number of allylic oxidation sites excluding steroid dienone is 8. The molecule has 0 aromatic rings. The van der Waals surface area contributed by atoms with Gasteiger partial charge in [0.25, 0.3) is 0 Å². The highest BCUT2D eigenvalue weighted by atomic mass is 16.3. The molecule has 0 spiro atoms. The summed E-state index contributed by atoms with van der Waals surface area (Å²) in [5.41, 5.74) is 0. The maximum absolute atomic E-state index is 12.3. The highest BCUT2D eigenvalue weighted by molar-refractivity contribution is 5.76. The van der Waals surface area contributed by atoms with Crippen molar-refractivity contribution in [2.75, 3.05) is 6.61 Å². The Labute approximate surface area is 259 Å². The first kappa shape index (κ1) is 40.1. The molecule has 5 heteroatoms. The number of nitrogens with one attached hydrogen (secondary N) is 1. The third kappa shape index (κ3) is 28.2. The lowest BCUT2D eigenvalue weighted by Gasteiger charge is -2.19. The summed E-state index contributed by atoms with van der Waals surface area (Å²) in [6, 6.07) is -0.661. The van der Waals surface area contributed by atoms with Gasteiger partial charge in [-0.2, -0.15) is 0 Å². The normalized spacial score (nSPS) is 14.7. The zero-order chi connectivity index (χ0) is 30.9. The van der Waals surface area contributed by atoms with Gasteiger partial charge in [0, 0.05) is 6.42 Å². The fraction of sp³-hybridized carbons (Fsp3) is 0.703. The lowest BCUT2D eigenvalue weighted by Crippen LogP contribution is -2.45. The van der Waals surface area contributed by atoms with E-state index in [-0.39, 0.29) is 18.6 Å². The van der Waals surface area contributed by atoms with Crippen LogP contribution in [0.25, 0.3) is 0 Å². The van der Waals surface area contributed by atoms with Gasteiger partial charge in [0.2, 0.25) is 5.91 Å². The van der Waals surface area contributed by atoms with Gasteiger partial charge in [0.05, 0.1) is 24.9 Å². The number of hydrogen-bond acceptors (Lipinski definition) is 4. The standard InChI is InChI=1S/C37H65NO4/c1-3-5-6-7-8-9-10-15-18-21-24-27-31-36(41)35(33-39)38-37(42)32-28-25-22-19-16-13-11-12-14-17-20-23-26-30-34(40)29-4-2/h11,13-14,17,19,22-23,26-27,31,34-36,39-41H,3-10,12,15-16,18,20-21,24-25,28-30,32-33H2,1-2H3,(H,38,42)/b13-11-,17-14-,22-19-,26-23-,31-27+/t34?,35-,36+/m0/s1. The Balaban J connectivity index is 3.83. The number of amides is 1. The lowest BCUT2D eigenvalue weighted by atomic mass is 10.1. The van der Waals surface area contributed by atoms with Crippen LogP contribution < -0.4 is 5.32 Å². The van der Waals surface area contributed by atoms with Crippen LogP contribution in [0.5, 0.6) is 0 Å². The third-order valence-electron chi connectivity index (χ3n) is 7.30. The Morgan fingerprint density at radius 3 is 1.74 bits per heavy atom. The minimum atomic E-state index is -0.871. The molecule has 0 bridgehead atoms. The first-order valence-electron chi connectivity index (χ1n) is 17.1. The van der Waals surface area contributed by atoms with Gasteiger partial charge in [-0.1, -0.05) is 139 Å². The molecule has 0 rings (SSSR count). The molecule has 0 heterocycles. The zero-order valence-corrected chi connectivity index (χ0v) is 27.1. The molecular formula is C37H65NO4. The molecule has 0 aliphatic carbocycles. The molecule has 1 amide bonds. The molecule has 0 saturated carbocycles. The molecule has 0 radical (unpaired) electrons. The lowest BCUT2D eigenvalue weighted by molar-refractivity contribution is -0.122. The fourth-order valence-corrected chi connectivity index (χ4v) is 4.65. The minimum Gasteiger partial charge on any atom is -0.394 e. The minimum absolute atomic E-state index is 0.136. The van der Waals surface area contributed by atoms with Crippen LogP contribution in [-0.4, -0.2) is 46.1 Å². The maximum atomic E-state index is 12.3. The second-order valence-corrected chi connectivity index (χ2v) is 11.4. The largest absolute Gasteiger partial charge is 0.394 e. The van der Waals surface area contributed by atoms with Gasteiger partial charge in [0.15, 0.2) is 0 Å². The number of rotatable bonds is 29. The second-order valence-electron chi connectivity index (χ2n) is 11.4. The van der Waals surface area contributed by atoms with Crippen LogP contribution in [0, 0.1) is 0 Å². The number of aliphatic hydroxyl groups excluding tert-OH is 3. The molecule has 42 heavy (non-hydrogen) atoms. The van der Waals surface area contributed by atoms with E-state index in [2.05, 4.69) is 67.8 Å². The maximum Gasteiger partial charge on any atom is 0.220 e. The average Bonchev–Trinajstić information content (AvgIpc) is 2.98. The van der Waals surface area contributed by atoms with E-state index in [1.165, 1.54) is 57.8 Å². The van der Waals surface area contributed by atoms with Crippen molar-refractivity contribution in [2.24, 2.45) is 0 Å². The average molecular weight is 588 g/mol. The molecule has 0 saturated heterocycles. The van der Waals surface area contributed by atoms with E-state index in [0.29, 0.717) is 6.42 Å². The first-order chi connectivity index (χ1) is 20.5. The van der Waals surface area contributed by atoms with E-state index in [4.69, 9.17) is 0 Å². The molecular weight excluding hydrogens is 522 g/mol. The topological polar surface area (TPSA) is 89.8 Å². The number of hydrogen-bond donors (Lipinski definition) is 4. The fourth-order valence-electron chi connectivity index (χ4n) is 4.65. The van der Waals surface area contributed by atoms with E-state index >= 15 is 0 Å². The first-order valence-corrected chi connectivity index (χ1v) is 17.1. The number of carbonyl (C=O) groups is 1. The monoisotopic (exact) mass is 587 g/mol. The highest BCUT2D eigenvalue weighted by Crippen LogP contribution is 2.12. The van der Waals surface area contributed by atoms with Gasteiger partial charge >= 0.3 is 0 Å². The Bertz CT molecular complexity index is 740. The summed E-state index contributed by atoms with van der Waals surface area (Å²) in [6.45, 7) is 4.06. The van der Waals surface area contributed by atoms with E-state index in [0.717, 1.165) is 64.2 Å². The van der Waals surface area contributed by atoms with Crippen molar-refractivity contribution in [2.45, 2.75) is 161 Å². The van der Waals surface area contributed by atoms with Crippen molar-refractivity contribution < 1.29 is 20.1 Å². The van der Waals surface area contributed by atoms with Gasteiger partial charge < -0.3 is 20.6 Å². The summed E-state index contributed by atoms with van der Waals surface area (Å²) in [6.07, 6.45) is 40.7. The molecule has 4 N–H and O–H groups in total. The Kier molecular flexibility index (Phi) is 30.5. The van der Waals surface area contributed by atoms with Crippen LogP contribution in [0.4, 0.5) is 0 Å². The SMILES string of the molecule is CCCCCCCCCCCC/C=C/[C@@H](O)[C@H](CO)NC(=O)CCC/C=C\C/C=C\C/C=C\C/C=C\CC(O)CCC. The summed E-state index contributed by atoms with van der Waals surface area (Å²) in [5, 5.41) is 32.4. The molecule has 0 aromatic carbocycles. The van der Waals surface area contributed by atoms with Gasteiger partial charge in [-0.05, 0) is 57.8 Å². The number of aliphatic hydroxyl groups is 3. The van der Waals surface area contributed by atoms with Crippen molar-refractivity contribution in [3.8, 4) is 0 Å². The van der Waals surface area contributed by atoms with E-state index < -0.39 is 12.1 Å². The summed E-state index contributed by atoms with van der Waals surface area (Å²) in [7, 11) is 0. The van der Waals surface area contributed by atoms with Gasteiger partial charge in [0.1, 0.15) is 0 Å². The van der Waals surface area contributed by atoms with Gasteiger partial charge in [-0.25, -0.2) is 0 Å². The third-order valence-corrected chi connectivity index (χ3v) is 7.30. The smallest absolute Gasteiger partial charge is 0.220 e. The molecule has 3 atom stereocenters. The van der Waals surface area contributed by atoms with Gasteiger partial charge in [-0.15, -0.1) is 0 Å². The Morgan fingerprint density at radius 2 is 1.17 bits per heavy atom. The van der Waals surface area contributed by atoms with Crippen molar-refractivity contribution in [1.29, 1.82) is 0 Å². The van der Waals surface area contributed by atoms with Crippen LogP contribution in [-0.2, 0) is 4.79 Å². The van der Waals surface area contributed by atoms with Crippen LogP contribution >= 0.6 is 0 Å². The van der Waals surface area contributed by atoms with Gasteiger partial charge in [-0.3, -0.25) is 4.79 Å². The highest BCUT2D eigenvalue weighted by Gasteiger charge is 2.17. The van der Waals surface area contributed by atoms with Crippen LogP contribution in [0.1, 0.15) is 142 Å². The summed E-state index contributed by atoms with van der Waals surface area (Å²) < 4.78 is 0. The van der Waals surface area contributed by atoms with Crippen LogP contribution in [0.3, 0.4) is 0 Å². The number of unbranched alkanes of at least 4 members (excludes halogenated alkanes) is 11. The molecule has 0 aliphatic heterocycles. The van der Waals surface area contributed by atoms with E-state index in [1.54, 1.807) is 6.08 Å². The Morgan fingerprint density at radius 1 is 0.643 bits per heavy atom. The predicted octanol–water partition coefficient (Wildman–Crippen LogP) is 8.81. The van der Waals surface area contributed by atoms with Crippen molar-refractivity contribution in [3.05, 3.63) is 60.8 Å². The number of carbonyl (C=O) groups excluding carboxylic acids is 1. The Hall–Kier alpha value is -1.95. The summed E-state index contributed by atoms with van der Waals surface area (Å²) in [4.78, 5) is 12.3. The van der Waals surface area contributed by atoms with Crippen LogP contribution in [0.2, 0.25) is 0 Å². The quantitative estimate of drug-likeness (QED) is 0.0520. The molecule has 0 aromatic heterocycles. The van der Waals surface area contributed by atoms with Crippen molar-refractivity contribution in [3.63, 3.8) is 0 Å². The van der Waals surface area contributed by atoms with E-state index in [9.17, 15) is 20.1 Å². The molecule has 242 valence electrons. The predicted molar refractivity (Wildman–Crippen MR) is 180 cm³/mol. The molecule has 0 fully saturated rings. The van der Waals surface area contributed by atoms with Crippen molar-refractivity contribution >= 4 is 5.91 Å². The molecule has 1 unspecified atom stereocenters. The van der Waals surface area contributed by atoms with E-state index in [1.807, 2.05) is 6.08 Å². The molecule has 0 aliphatic rings. The van der Waals surface area contributed by atoms with Crippen molar-refractivity contribution in [1.82, 2.24) is 5.32 Å². The zero-order valence-electron chi connectivity index (χ0n) is 27.1. The second kappa shape index (κ2) is 32.0. The van der Waals surface area contributed by atoms with Crippen LogP contribution in [0.15, 0.2) is 60.8 Å². The summed E-state index contributed by atoms with van der Waals surface area (Å²) in [5.74, 6) is -0.136. The molecule has 5 nitrogen and oxygen atoms in total.